The normalized spacial score (nSPS) is 12.5. The standard InChI is InChI=1S/C69H135NO5/c1-3-5-7-9-11-13-15-17-19-21-22-23-24-25-26-27-30-33-37-41-45-49-53-57-61-67(72)66(65-71)70-68(73)62-58-54-50-46-42-38-34-31-28-32-36-40-44-48-52-56-60-64-75-69(74)63-59-55-51-47-43-39-35-29-20-18-16-14-12-10-8-6-4-2/h28,32,66-67,71-72H,3-27,29-31,33-65H2,1-2H3,(H,70,73)/b32-28-. The number of ether oxygens (including phenoxy) is 1. The van der Waals surface area contributed by atoms with E-state index in [0.29, 0.717) is 25.9 Å². The predicted octanol–water partition coefficient (Wildman–Crippen LogP) is 22.0. The van der Waals surface area contributed by atoms with Crippen molar-refractivity contribution in [3.05, 3.63) is 12.2 Å². The van der Waals surface area contributed by atoms with E-state index in [4.69, 9.17) is 4.74 Å². The van der Waals surface area contributed by atoms with E-state index in [1.54, 1.807) is 0 Å². The quantitative estimate of drug-likeness (QED) is 0.0320. The minimum Gasteiger partial charge on any atom is -0.466 e. The number of unbranched alkanes of at least 4 members (excludes halogenated alkanes) is 52. The number of allylic oxidation sites excluding steroid dienone is 2. The average molecular weight is 1060 g/mol. The van der Waals surface area contributed by atoms with E-state index >= 15 is 0 Å². The van der Waals surface area contributed by atoms with Crippen LogP contribution in [-0.2, 0) is 14.3 Å². The van der Waals surface area contributed by atoms with Crippen LogP contribution < -0.4 is 5.32 Å². The van der Waals surface area contributed by atoms with Crippen LogP contribution >= 0.6 is 0 Å². The van der Waals surface area contributed by atoms with Crippen molar-refractivity contribution in [2.24, 2.45) is 0 Å². The van der Waals surface area contributed by atoms with Crippen LogP contribution in [0.2, 0.25) is 0 Å². The van der Waals surface area contributed by atoms with Crippen LogP contribution in [0.15, 0.2) is 12.2 Å². The van der Waals surface area contributed by atoms with Gasteiger partial charge in [0.2, 0.25) is 5.91 Å². The first kappa shape index (κ1) is 73.6. The lowest BCUT2D eigenvalue weighted by Gasteiger charge is -2.22. The summed E-state index contributed by atoms with van der Waals surface area (Å²) in [6, 6.07) is -0.551. The molecule has 75 heavy (non-hydrogen) atoms. The molecule has 0 aromatic carbocycles. The topological polar surface area (TPSA) is 95.9 Å². The number of hydrogen-bond acceptors (Lipinski definition) is 5. The molecule has 0 saturated carbocycles. The third kappa shape index (κ3) is 61.7. The highest BCUT2D eigenvalue weighted by Gasteiger charge is 2.20. The third-order valence-electron chi connectivity index (χ3n) is 16.3. The van der Waals surface area contributed by atoms with Crippen molar-refractivity contribution in [3.63, 3.8) is 0 Å². The molecule has 0 aliphatic carbocycles. The summed E-state index contributed by atoms with van der Waals surface area (Å²) < 4.78 is 5.49. The molecule has 6 heteroatoms. The molecule has 0 fully saturated rings. The summed E-state index contributed by atoms with van der Waals surface area (Å²) in [5.41, 5.74) is 0. The lowest BCUT2D eigenvalue weighted by Crippen LogP contribution is -2.45. The molecule has 0 aromatic heterocycles. The zero-order valence-corrected chi connectivity index (χ0v) is 51.1. The van der Waals surface area contributed by atoms with Gasteiger partial charge in [-0.15, -0.1) is 0 Å². The van der Waals surface area contributed by atoms with E-state index in [2.05, 4.69) is 31.3 Å². The first-order chi connectivity index (χ1) is 37.0. The number of amides is 1. The summed E-state index contributed by atoms with van der Waals surface area (Å²) >= 11 is 0. The third-order valence-corrected chi connectivity index (χ3v) is 16.3. The molecule has 0 spiro atoms. The summed E-state index contributed by atoms with van der Waals surface area (Å²) in [7, 11) is 0. The SMILES string of the molecule is CCCCCCCCCCCCCCCCCCCCCCCCCCC(O)C(CO)NC(=O)CCCCCCCCC/C=C\CCCCCCCCOC(=O)CCCCCCCCCCCCCCCCCCC. The Balaban J connectivity index is 3.42. The van der Waals surface area contributed by atoms with Gasteiger partial charge in [0.25, 0.3) is 0 Å². The number of nitrogens with one attached hydrogen (secondary N) is 1. The van der Waals surface area contributed by atoms with E-state index < -0.39 is 12.1 Å². The fourth-order valence-corrected chi connectivity index (χ4v) is 11.1. The molecule has 3 N–H and O–H groups in total. The van der Waals surface area contributed by atoms with Gasteiger partial charge in [0, 0.05) is 12.8 Å². The van der Waals surface area contributed by atoms with Gasteiger partial charge >= 0.3 is 5.97 Å². The molecule has 0 radical (unpaired) electrons. The monoisotopic (exact) mass is 1060 g/mol. The summed E-state index contributed by atoms with van der Waals surface area (Å²) in [6.07, 6.45) is 79.6. The van der Waals surface area contributed by atoms with Gasteiger partial charge in [0.1, 0.15) is 0 Å². The summed E-state index contributed by atoms with van der Waals surface area (Å²) in [5.74, 6) is -0.0383. The van der Waals surface area contributed by atoms with Gasteiger partial charge < -0.3 is 20.3 Å². The Bertz CT molecular complexity index is 1130. The molecule has 0 rings (SSSR count). The van der Waals surface area contributed by atoms with Crippen molar-refractivity contribution < 1.29 is 24.5 Å². The van der Waals surface area contributed by atoms with Crippen LogP contribution in [0.4, 0.5) is 0 Å². The lowest BCUT2D eigenvalue weighted by molar-refractivity contribution is -0.143. The van der Waals surface area contributed by atoms with Crippen molar-refractivity contribution in [1.29, 1.82) is 0 Å². The largest absolute Gasteiger partial charge is 0.466 e. The number of hydrogen-bond donors (Lipinski definition) is 3. The Morgan fingerprint density at radius 1 is 0.360 bits per heavy atom. The van der Waals surface area contributed by atoms with Gasteiger partial charge in [-0.2, -0.15) is 0 Å². The van der Waals surface area contributed by atoms with Gasteiger partial charge in [-0.1, -0.05) is 341 Å². The molecule has 6 nitrogen and oxygen atoms in total. The molecule has 0 aromatic rings. The lowest BCUT2D eigenvalue weighted by atomic mass is 10.0. The van der Waals surface area contributed by atoms with E-state index in [1.165, 1.54) is 308 Å². The highest BCUT2D eigenvalue weighted by Crippen LogP contribution is 2.19. The van der Waals surface area contributed by atoms with Crippen LogP contribution in [0, 0.1) is 0 Å². The van der Waals surface area contributed by atoms with Crippen LogP contribution in [0.3, 0.4) is 0 Å². The molecular weight excluding hydrogens is 923 g/mol. The highest BCUT2D eigenvalue weighted by atomic mass is 16.5. The van der Waals surface area contributed by atoms with Gasteiger partial charge in [-0.05, 0) is 51.4 Å². The summed E-state index contributed by atoms with van der Waals surface area (Å²) in [5, 5.41) is 23.4. The van der Waals surface area contributed by atoms with Crippen molar-refractivity contribution in [2.45, 2.75) is 405 Å². The maximum absolute atomic E-state index is 12.5. The number of carbonyl (C=O) groups is 2. The molecule has 0 aliphatic rings. The van der Waals surface area contributed by atoms with Gasteiger partial charge in [0.05, 0.1) is 25.4 Å². The number of rotatable bonds is 65. The number of aliphatic hydroxyl groups excluding tert-OH is 2. The number of carbonyl (C=O) groups excluding carboxylic acids is 2. The maximum atomic E-state index is 12.5. The first-order valence-electron chi connectivity index (χ1n) is 34.4. The minimum atomic E-state index is -0.673. The van der Waals surface area contributed by atoms with Crippen LogP contribution in [0.5, 0.6) is 0 Å². The van der Waals surface area contributed by atoms with Crippen molar-refractivity contribution in [1.82, 2.24) is 5.32 Å². The molecule has 0 saturated heterocycles. The zero-order valence-electron chi connectivity index (χ0n) is 51.1. The second-order valence-electron chi connectivity index (χ2n) is 23.9. The van der Waals surface area contributed by atoms with E-state index in [1.807, 2.05) is 0 Å². The smallest absolute Gasteiger partial charge is 0.305 e. The van der Waals surface area contributed by atoms with Crippen molar-refractivity contribution >= 4 is 11.9 Å². The second kappa shape index (κ2) is 65.1. The van der Waals surface area contributed by atoms with E-state index in [-0.39, 0.29) is 18.5 Å². The fraction of sp³-hybridized carbons (Fsp3) is 0.942. The Kier molecular flexibility index (Phi) is 63.9. The van der Waals surface area contributed by atoms with Crippen LogP contribution in [-0.4, -0.2) is 47.4 Å². The van der Waals surface area contributed by atoms with Crippen molar-refractivity contribution in [2.75, 3.05) is 13.2 Å². The fourth-order valence-electron chi connectivity index (χ4n) is 11.1. The highest BCUT2D eigenvalue weighted by molar-refractivity contribution is 5.76. The maximum Gasteiger partial charge on any atom is 0.305 e. The van der Waals surface area contributed by atoms with Crippen molar-refractivity contribution in [3.8, 4) is 0 Å². The molecule has 0 bridgehead atoms. The Morgan fingerprint density at radius 3 is 0.947 bits per heavy atom. The van der Waals surface area contributed by atoms with Crippen LogP contribution in [0.1, 0.15) is 393 Å². The second-order valence-corrected chi connectivity index (χ2v) is 23.9. The average Bonchev–Trinajstić information content (AvgIpc) is 3.41. The molecule has 446 valence electrons. The Labute approximate surface area is 469 Å². The Morgan fingerprint density at radius 2 is 0.627 bits per heavy atom. The van der Waals surface area contributed by atoms with E-state index in [9.17, 15) is 19.8 Å². The molecule has 1 amide bonds. The predicted molar refractivity (Wildman–Crippen MR) is 329 cm³/mol. The molecule has 0 heterocycles. The molecule has 0 aliphatic heterocycles. The van der Waals surface area contributed by atoms with Gasteiger partial charge in [0.15, 0.2) is 0 Å². The first-order valence-corrected chi connectivity index (χ1v) is 34.4. The number of esters is 1. The van der Waals surface area contributed by atoms with Crippen LogP contribution in [0.25, 0.3) is 0 Å². The Hall–Kier alpha value is -1.40. The number of aliphatic hydroxyl groups is 2. The molecular formula is C69H135NO5. The zero-order chi connectivity index (χ0) is 54.3. The molecule has 2 atom stereocenters. The van der Waals surface area contributed by atoms with Gasteiger partial charge in [-0.3, -0.25) is 9.59 Å². The minimum absolute atomic E-state index is 0.00359. The van der Waals surface area contributed by atoms with E-state index in [0.717, 1.165) is 51.4 Å². The summed E-state index contributed by atoms with van der Waals surface area (Å²) in [6.45, 7) is 4.98. The summed E-state index contributed by atoms with van der Waals surface area (Å²) in [4.78, 5) is 24.6. The van der Waals surface area contributed by atoms with Gasteiger partial charge in [-0.25, -0.2) is 0 Å². The molecule has 2 unspecified atom stereocenters.